The summed E-state index contributed by atoms with van der Waals surface area (Å²) in [5.74, 6) is -0.156. The van der Waals surface area contributed by atoms with Crippen molar-refractivity contribution in [1.82, 2.24) is 4.98 Å². The fourth-order valence-electron chi connectivity index (χ4n) is 2.63. The molecule has 0 spiro atoms. The molecule has 128 valence electrons. The van der Waals surface area contributed by atoms with E-state index in [4.69, 9.17) is 9.47 Å². The molecule has 1 aliphatic rings. The summed E-state index contributed by atoms with van der Waals surface area (Å²) in [5.41, 5.74) is 3.31. The van der Waals surface area contributed by atoms with Crippen LogP contribution in [-0.4, -0.2) is 21.3 Å². The third kappa shape index (κ3) is 2.77. The van der Waals surface area contributed by atoms with Crippen LogP contribution in [0, 0.1) is 0 Å². The van der Waals surface area contributed by atoms with Crippen molar-refractivity contribution in [3.05, 3.63) is 41.4 Å². The summed E-state index contributed by atoms with van der Waals surface area (Å²) in [6.45, 7) is 3.50. The Balaban J connectivity index is 1.73. The topological polar surface area (TPSA) is 77.5 Å². The molecule has 1 aromatic heterocycles. The summed E-state index contributed by atoms with van der Waals surface area (Å²) in [5, 5.41) is 0. The Morgan fingerprint density at radius 3 is 2.80 bits per heavy atom. The lowest BCUT2D eigenvalue weighted by atomic mass is 10.2. The highest BCUT2D eigenvalue weighted by Gasteiger charge is 2.36. The number of rotatable bonds is 4. The molecule has 2 aromatic carbocycles. The number of carbonyl (C=O) groups is 1. The van der Waals surface area contributed by atoms with E-state index in [9.17, 15) is 9.00 Å². The summed E-state index contributed by atoms with van der Waals surface area (Å²) >= 11 is 1.49. The molecule has 8 heteroatoms. The number of hydrogen-bond donors (Lipinski definition) is 1. The van der Waals surface area contributed by atoms with Crippen LogP contribution < -0.4 is 14.2 Å². The highest BCUT2D eigenvalue weighted by molar-refractivity contribution is 7.86. The maximum atomic E-state index is 12.8. The quantitative estimate of drug-likeness (QED) is 0.704. The Morgan fingerprint density at radius 2 is 2.00 bits per heavy atom. The van der Waals surface area contributed by atoms with Gasteiger partial charge in [0.1, 0.15) is 0 Å². The Labute approximate surface area is 150 Å². The van der Waals surface area contributed by atoms with Gasteiger partial charge in [0, 0.05) is 13.8 Å². The summed E-state index contributed by atoms with van der Waals surface area (Å²) in [7, 11) is -1.54. The van der Waals surface area contributed by atoms with Gasteiger partial charge in [-0.25, -0.2) is 9.19 Å². The Bertz CT molecular complexity index is 1010. The van der Waals surface area contributed by atoms with Crippen LogP contribution in [0.15, 0.2) is 40.7 Å². The molecule has 0 amide bonds. The summed E-state index contributed by atoms with van der Waals surface area (Å²) in [4.78, 5) is 16.1. The van der Waals surface area contributed by atoms with Crippen LogP contribution in [-0.2, 0) is 11.0 Å². The van der Waals surface area contributed by atoms with Gasteiger partial charge in [0.2, 0.25) is 5.79 Å². The van der Waals surface area contributed by atoms with Gasteiger partial charge in [-0.15, -0.1) is 11.3 Å². The molecule has 1 N–H and O–H groups in total. The standard InChI is InChI=1S/C17H14N2O4S2/c1-17(2)22-15-10(8-20)6-7-11(16(15)23-17)19-25(21)13-5-3-4-12-14(13)18-9-24-12/h3-9,19H,1-2H3. The molecule has 1 aliphatic heterocycles. The average molecular weight is 374 g/mol. The largest absolute Gasteiger partial charge is 0.448 e. The molecule has 0 fully saturated rings. The van der Waals surface area contributed by atoms with E-state index in [0.717, 1.165) is 4.70 Å². The van der Waals surface area contributed by atoms with Crippen molar-refractivity contribution in [3.63, 3.8) is 0 Å². The second kappa shape index (κ2) is 5.82. The first kappa shape index (κ1) is 16.0. The molecule has 0 bridgehead atoms. The van der Waals surface area contributed by atoms with Gasteiger partial charge < -0.3 is 9.47 Å². The van der Waals surface area contributed by atoms with E-state index >= 15 is 0 Å². The third-order valence-electron chi connectivity index (χ3n) is 3.69. The zero-order chi connectivity index (χ0) is 17.6. The van der Waals surface area contributed by atoms with E-state index in [-0.39, 0.29) is 0 Å². The number of thiazole rings is 1. The van der Waals surface area contributed by atoms with Crippen molar-refractivity contribution < 1.29 is 18.5 Å². The number of benzene rings is 2. The summed E-state index contributed by atoms with van der Waals surface area (Å²) < 4.78 is 28.2. The van der Waals surface area contributed by atoms with Gasteiger partial charge in [-0.2, -0.15) is 0 Å². The molecule has 25 heavy (non-hydrogen) atoms. The van der Waals surface area contributed by atoms with Crippen LogP contribution in [0.4, 0.5) is 5.69 Å². The number of hydrogen-bond acceptors (Lipinski definition) is 6. The van der Waals surface area contributed by atoms with Crippen LogP contribution >= 0.6 is 11.3 Å². The Kier molecular flexibility index (Phi) is 3.73. The zero-order valence-corrected chi connectivity index (χ0v) is 15.1. The van der Waals surface area contributed by atoms with Crippen molar-refractivity contribution in [2.75, 3.05) is 4.72 Å². The first-order valence-electron chi connectivity index (χ1n) is 7.49. The number of aldehydes is 1. The molecule has 6 nitrogen and oxygen atoms in total. The lowest BCUT2D eigenvalue weighted by Crippen LogP contribution is -2.30. The second-order valence-corrected chi connectivity index (χ2v) is 7.98. The maximum absolute atomic E-state index is 12.8. The first-order chi connectivity index (χ1) is 12.0. The fraction of sp³-hybridized carbons (Fsp3) is 0.176. The van der Waals surface area contributed by atoms with Crippen LogP contribution in [0.3, 0.4) is 0 Å². The van der Waals surface area contributed by atoms with E-state index in [1.807, 2.05) is 12.1 Å². The highest BCUT2D eigenvalue weighted by Crippen LogP contribution is 2.46. The third-order valence-corrected chi connectivity index (χ3v) is 5.62. The lowest BCUT2D eigenvalue weighted by Gasteiger charge is -2.17. The molecule has 1 unspecified atom stereocenters. The van der Waals surface area contributed by atoms with Gasteiger partial charge in [-0.3, -0.25) is 9.52 Å². The molecule has 0 saturated carbocycles. The smallest absolute Gasteiger partial charge is 0.246 e. The molecule has 1 atom stereocenters. The molecular weight excluding hydrogens is 360 g/mol. The number of nitrogens with one attached hydrogen (secondary N) is 1. The first-order valence-corrected chi connectivity index (χ1v) is 9.52. The van der Waals surface area contributed by atoms with E-state index < -0.39 is 16.8 Å². The van der Waals surface area contributed by atoms with Gasteiger partial charge in [-0.05, 0) is 24.3 Å². The molecule has 0 saturated heterocycles. The predicted octanol–water partition coefficient (Wildman–Crippen LogP) is 3.75. The normalized spacial score (nSPS) is 15.9. The second-order valence-electron chi connectivity index (χ2n) is 5.91. The average Bonchev–Trinajstić information content (AvgIpc) is 3.17. The highest BCUT2D eigenvalue weighted by atomic mass is 32.2. The van der Waals surface area contributed by atoms with E-state index in [1.165, 1.54) is 11.3 Å². The summed E-state index contributed by atoms with van der Waals surface area (Å²) in [6, 6.07) is 8.82. The Morgan fingerprint density at radius 1 is 1.20 bits per heavy atom. The maximum Gasteiger partial charge on any atom is 0.246 e. The number of carbonyl (C=O) groups excluding carboxylic acids is 1. The molecule has 0 radical (unpaired) electrons. The van der Waals surface area contributed by atoms with Gasteiger partial charge in [0.05, 0.1) is 31.9 Å². The van der Waals surface area contributed by atoms with Crippen molar-refractivity contribution in [3.8, 4) is 11.5 Å². The minimum atomic E-state index is -1.54. The molecule has 4 rings (SSSR count). The number of aromatic nitrogens is 1. The predicted molar refractivity (Wildman–Crippen MR) is 96.8 cm³/mol. The minimum absolute atomic E-state index is 0.355. The SMILES string of the molecule is CC1(C)Oc2c(C=O)ccc(NS(=O)c3cccc4scnc34)c2O1. The van der Waals surface area contributed by atoms with Crippen LogP contribution in [0.2, 0.25) is 0 Å². The molecular formula is C17H14N2O4S2. The Hall–Kier alpha value is -2.45. The van der Waals surface area contributed by atoms with Crippen molar-refractivity contribution in [2.24, 2.45) is 0 Å². The molecule has 0 aliphatic carbocycles. The number of anilines is 1. The number of fused-ring (bicyclic) bond motifs is 2. The zero-order valence-electron chi connectivity index (χ0n) is 13.4. The van der Waals surface area contributed by atoms with Crippen molar-refractivity contribution in [2.45, 2.75) is 24.5 Å². The lowest BCUT2D eigenvalue weighted by molar-refractivity contribution is -0.0430. The van der Waals surface area contributed by atoms with E-state index in [2.05, 4.69) is 9.71 Å². The monoisotopic (exact) mass is 374 g/mol. The van der Waals surface area contributed by atoms with Gasteiger partial charge in [0.15, 0.2) is 28.8 Å². The van der Waals surface area contributed by atoms with E-state index in [0.29, 0.717) is 39.4 Å². The van der Waals surface area contributed by atoms with Crippen LogP contribution in [0.5, 0.6) is 11.5 Å². The number of ether oxygens (including phenoxy) is 2. The van der Waals surface area contributed by atoms with Gasteiger partial charge >= 0.3 is 0 Å². The fourth-order valence-corrected chi connectivity index (χ4v) is 4.41. The van der Waals surface area contributed by atoms with Crippen molar-refractivity contribution in [1.29, 1.82) is 0 Å². The molecule has 3 aromatic rings. The van der Waals surface area contributed by atoms with Gasteiger partial charge in [-0.1, -0.05) is 6.07 Å². The van der Waals surface area contributed by atoms with Crippen LogP contribution in [0.25, 0.3) is 10.2 Å². The minimum Gasteiger partial charge on any atom is -0.448 e. The molecule has 2 heterocycles. The number of nitrogens with zero attached hydrogens (tertiary/aromatic N) is 1. The summed E-state index contributed by atoms with van der Waals surface area (Å²) in [6.07, 6.45) is 0.709. The van der Waals surface area contributed by atoms with Crippen LogP contribution in [0.1, 0.15) is 24.2 Å². The van der Waals surface area contributed by atoms with Gasteiger partial charge in [0.25, 0.3) is 0 Å². The van der Waals surface area contributed by atoms with Crippen molar-refractivity contribution >= 4 is 44.5 Å². The van der Waals surface area contributed by atoms with E-state index in [1.54, 1.807) is 37.6 Å². The number of para-hydroxylation sites is 1.